The zero-order valence-electron chi connectivity index (χ0n) is 9.25. The molecule has 0 saturated heterocycles. The van der Waals surface area contributed by atoms with Gasteiger partial charge in [-0.2, -0.15) is 5.26 Å². The smallest absolute Gasteiger partial charge is 0.183 e. The van der Waals surface area contributed by atoms with E-state index < -0.39 is 0 Å². The molecule has 15 heavy (non-hydrogen) atoms. The third kappa shape index (κ3) is 4.10. The number of nitrogens with zero attached hydrogens (tertiary/aromatic N) is 2. The number of hydrogen-bond donors (Lipinski definition) is 1. The number of rotatable bonds is 5. The molecule has 1 fully saturated rings. The summed E-state index contributed by atoms with van der Waals surface area (Å²) in [6.07, 6.45) is 7.34. The van der Waals surface area contributed by atoms with Gasteiger partial charge in [-0.3, -0.25) is 10.3 Å². The molecule has 0 amide bonds. The molecule has 1 N–H and O–H groups in total. The van der Waals surface area contributed by atoms with Crippen LogP contribution in [0, 0.1) is 16.9 Å². The van der Waals surface area contributed by atoms with Gasteiger partial charge < -0.3 is 4.74 Å². The third-order valence-corrected chi connectivity index (χ3v) is 3.33. The molecule has 0 aliphatic heterocycles. The van der Waals surface area contributed by atoms with Gasteiger partial charge in [-0.05, 0) is 30.9 Å². The minimum atomic E-state index is 0.355. The predicted molar refractivity (Wildman–Crippen MR) is 62.7 cm³/mol. The van der Waals surface area contributed by atoms with Crippen LogP contribution in [0.25, 0.3) is 0 Å². The van der Waals surface area contributed by atoms with Crippen molar-refractivity contribution in [3.63, 3.8) is 0 Å². The summed E-state index contributed by atoms with van der Waals surface area (Å²) in [5, 5.41) is 11.8. The first-order valence-corrected chi connectivity index (χ1v) is 6.21. The summed E-state index contributed by atoms with van der Waals surface area (Å²) in [5.41, 5.74) is 0.355. The molecule has 0 spiro atoms. The molecule has 0 aromatic carbocycles. The number of thioether (sulfide) groups is 1. The number of amidine groups is 1. The van der Waals surface area contributed by atoms with Crippen molar-refractivity contribution in [1.82, 2.24) is 5.32 Å². The Morgan fingerprint density at radius 1 is 1.67 bits per heavy atom. The van der Waals surface area contributed by atoms with Crippen molar-refractivity contribution in [3.05, 3.63) is 0 Å². The molecule has 1 aliphatic rings. The molecule has 0 aromatic rings. The minimum absolute atomic E-state index is 0.355. The Kier molecular flexibility index (Phi) is 4.92. The van der Waals surface area contributed by atoms with Gasteiger partial charge in [-0.15, -0.1) is 0 Å². The monoisotopic (exact) mass is 227 g/mol. The van der Waals surface area contributed by atoms with Crippen LogP contribution in [-0.4, -0.2) is 31.7 Å². The van der Waals surface area contributed by atoms with Crippen LogP contribution in [0.3, 0.4) is 0 Å². The Labute approximate surface area is 95.1 Å². The number of nitriles is 1. The fraction of sp³-hybridized carbons (Fsp3) is 0.800. The maximum Gasteiger partial charge on any atom is 0.183 e. The van der Waals surface area contributed by atoms with E-state index >= 15 is 0 Å². The molecule has 0 atom stereocenters. The van der Waals surface area contributed by atoms with Crippen molar-refractivity contribution in [1.29, 1.82) is 5.26 Å². The minimum Gasteiger partial charge on any atom is -0.385 e. The van der Waals surface area contributed by atoms with Crippen molar-refractivity contribution in [2.24, 2.45) is 10.4 Å². The van der Waals surface area contributed by atoms with Crippen LogP contribution < -0.4 is 5.32 Å². The average Bonchev–Trinajstić information content (AvgIpc) is 3.02. The van der Waals surface area contributed by atoms with Gasteiger partial charge in [0.1, 0.15) is 0 Å². The fourth-order valence-electron chi connectivity index (χ4n) is 1.42. The maximum atomic E-state index is 8.48. The highest BCUT2D eigenvalue weighted by molar-refractivity contribution is 8.13. The van der Waals surface area contributed by atoms with E-state index in [9.17, 15) is 0 Å². The largest absolute Gasteiger partial charge is 0.385 e. The van der Waals surface area contributed by atoms with Gasteiger partial charge in [0.15, 0.2) is 11.4 Å². The van der Waals surface area contributed by atoms with Gasteiger partial charge >= 0.3 is 0 Å². The molecular weight excluding hydrogens is 210 g/mol. The van der Waals surface area contributed by atoms with Gasteiger partial charge in [-0.25, -0.2) is 0 Å². The molecule has 1 rings (SSSR count). The molecule has 1 aliphatic carbocycles. The second-order valence-electron chi connectivity index (χ2n) is 3.81. The van der Waals surface area contributed by atoms with Crippen molar-refractivity contribution < 1.29 is 4.74 Å². The number of hydrogen-bond acceptors (Lipinski definition) is 4. The van der Waals surface area contributed by atoms with E-state index in [0.29, 0.717) is 10.6 Å². The average molecular weight is 227 g/mol. The van der Waals surface area contributed by atoms with E-state index in [1.165, 1.54) is 24.6 Å². The topological polar surface area (TPSA) is 57.4 Å². The van der Waals surface area contributed by atoms with Crippen LogP contribution in [0.1, 0.15) is 19.3 Å². The second-order valence-corrected chi connectivity index (χ2v) is 4.60. The Hall–Kier alpha value is -0.730. The molecule has 1 saturated carbocycles. The van der Waals surface area contributed by atoms with Gasteiger partial charge in [-0.1, -0.05) is 11.8 Å². The van der Waals surface area contributed by atoms with E-state index in [0.717, 1.165) is 19.6 Å². The first-order chi connectivity index (χ1) is 7.26. The molecule has 0 bridgehead atoms. The lowest BCUT2D eigenvalue weighted by atomic mass is 10.0. The maximum absolute atomic E-state index is 8.48. The van der Waals surface area contributed by atoms with Crippen molar-refractivity contribution >= 4 is 16.9 Å². The highest BCUT2D eigenvalue weighted by Crippen LogP contribution is 2.49. The predicted octanol–water partition coefficient (Wildman–Crippen LogP) is 1.59. The summed E-state index contributed by atoms with van der Waals surface area (Å²) < 4.78 is 5.08. The van der Waals surface area contributed by atoms with E-state index in [1.807, 2.05) is 12.4 Å². The van der Waals surface area contributed by atoms with Crippen molar-refractivity contribution in [2.75, 3.05) is 26.5 Å². The Morgan fingerprint density at radius 3 is 2.87 bits per heavy atom. The molecule has 0 radical (unpaired) electrons. The molecule has 0 unspecified atom stereocenters. The highest BCUT2D eigenvalue weighted by atomic mass is 32.2. The van der Waals surface area contributed by atoms with Gasteiger partial charge in [0.2, 0.25) is 0 Å². The summed E-state index contributed by atoms with van der Waals surface area (Å²) in [4.78, 5) is 4.41. The summed E-state index contributed by atoms with van der Waals surface area (Å²) in [6, 6.07) is 0. The van der Waals surface area contributed by atoms with Crippen molar-refractivity contribution in [3.8, 4) is 6.19 Å². The lowest BCUT2D eigenvalue weighted by Gasteiger charge is -2.11. The Bertz CT molecular complexity index is 268. The summed E-state index contributed by atoms with van der Waals surface area (Å²) in [5.74, 6) is 0. The SMILES string of the molecule is COCCC1(CN=C(NC#N)SC)CC1. The number of methoxy groups -OCH3 is 1. The van der Waals surface area contributed by atoms with Crippen LogP contribution in [0.5, 0.6) is 0 Å². The van der Waals surface area contributed by atoms with Gasteiger partial charge in [0.25, 0.3) is 0 Å². The fourth-order valence-corrected chi connectivity index (χ4v) is 1.77. The Balaban J connectivity index is 2.37. The van der Waals surface area contributed by atoms with Crippen LogP contribution in [0.4, 0.5) is 0 Å². The number of aliphatic imine (C=N–C) groups is 1. The van der Waals surface area contributed by atoms with Crippen LogP contribution in [0.15, 0.2) is 4.99 Å². The molecule has 0 heterocycles. The van der Waals surface area contributed by atoms with Crippen LogP contribution in [0.2, 0.25) is 0 Å². The van der Waals surface area contributed by atoms with E-state index in [-0.39, 0.29) is 0 Å². The summed E-state index contributed by atoms with van der Waals surface area (Å²) in [6.45, 7) is 1.61. The third-order valence-electron chi connectivity index (χ3n) is 2.71. The molecule has 84 valence electrons. The van der Waals surface area contributed by atoms with E-state index in [2.05, 4.69) is 10.3 Å². The standard InChI is InChI=1S/C10H17N3OS/c1-14-6-5-10(3-4-10)7-12-9(15-2)13-8-11/h3-7H2,1-2H3,(H,12,13). The second kappa shape index (κ2) is 5.99. The first-order valence-electron chi connectivity index (χ1n) is 4.99. The van der Waals surface area contributed by atoms with E-state index in [4.69, 9.17) is 10.00 Å². The number of nitrogens with one attached hydrogen (secondary N) is 1. The molecular formula is C10H17N3OS. The highest BCUT2D eigenvalue weighted by Gasteiger charge is 2.41. The lowest BCUT2D eigenvalue weighted by Crippen LogP contribution is -2.17. The zero-order valence-corrected chi connectivity index (χ0v) is 10.1. The van der Waals surface area contributed by atoms with Gasteiger partial charge in [0.05, 0.1) is 0 Å². The summed E-state index contributed by atoms with van der Waals surface area (Å²) in [7, 11) is 1.73. The molecule has 4 nitrogen and oxygen atoms in total. The normalized spacial score (nSPS) is 18.3. The van der Waals surface area contributed by atoms with Crippen LogP contribution >= 0.6 is 11.8 Å². The number of ether oxygens (including phenoxy) is 1. The van der Waals surface area contributed by atoms with Gasteiger partial charge in [0, 0.05) is 20.3 Å². The van der Waals surface area contributed by atoms with E-state index in [1.54, 1.807) is 7.11 Å². The molecule has 5 heteroatoms. The quantitative estimate of drug-likeness (QED) is 0.335. The van der Waals surface area contributed by atoms with Crippen LogP contribution in [-0.2, 0) is 4.74 Å². The molecule has 0 aromatic heterocycles. The van der Waals surface area contributed by atoms with Crippen molar-refractivity contribution in [2.45, 2.75) is 19.3 Å². The lowest BCUT2D eigenvalue weighted by molar-refractivity contribution is 0.174. The first kappa shape index (κ1) is 12.3. The zero-order chi connectivity index (χ0) is 11.1. The summed E-state index contributed by atoms with van der Waals surface area (Å²) >= 11 is 1.47. The Morgan fingerprint density at radius 2 is 2.40 bits per heavy atom.